The second-order valence-corrected chi connectivity index (χ2v) is 4.51. The highest BCUT2D eigenvalue weighted by Gasteiger charge is 2.35. The molecular formula is C13H19N3O3. The molecule has 0 saturated carbocycles. The Bertz CT molecular complexity index is 441. The van der Waals surface area contributed by atoms with Crippen molar-refractivity contribution >= 4 is 17.4 Å². The lowest BCUT2D eigenvalue weighted by Gasteiger charge is -2.16. The number of nitrogens with zero attached hydrogens (tertiary/aromatic N) is 1. The summed E-state index contributed by atoms with van der Waals surface area (Å²) < 4.78 is 10.6. The SMILES string of the molecule is COC1CN(C(=O)Nc2cccc(N)c2)CC1OC. The lowest BCUT2D eigenvalue weighted by Crippen LogP contribution is -2.34. The zero-order valence-corrected chi connectivity index (χ0v) is 11.1. The average molecular weight is 265 g/mol. The van der Waals surface area contributed by atoms with Gasteiger partial charge in [-0.1, -0.05) is 6.07 Å². The maximum atomic E-state index is 12.1. The van der Waals surface area contributed by atoms with Crippen LogP contribution in [0.2, 0.25) is 0 Å². The lowest BCUT2D eigenvalue weighted by atomic mass is 10.3. The van der Waals surface area contributed by atoms with Gasteiger partial charge in [0.05, 0.1) is 13.1 Å². The summed E-state index contributed by atoms with van der Waals surface area (Å²) >= 11 is 0. The molecule has 2 unspecified atom stereocenters. The molecule has 6 heteroatoms. The van der Waals surface area contributed by atoms with Crippen LogP contribution in [0, 0.1) is 0 Å². The van der Waals surface area contributed by atoms with Crippen LogP contribution in [0.15, 0.2) is 24.3 Å². The monoisotopic (exact) mass is 265 g/mol. The molecule has 2 amide bonds. The Balaban J connectivity index is 1.98. The van der Waals surface area contributed by atoms with E-state index in [0.717, 1.165) is 0 Å². The van der Waals surface area contributed by atoms with E-state index in [0.29, 0.717) is 24.5 Å². The van der Waals surface area contributed by atoms with Gasteiger partial charge < -0.3 is 25.4 Å². The summed E-state index contributed by atoms with van der Waals surface area (Å²) in [7, 11) is 3.24. The van der Waals surface area contributed by atoms with Crippen molar-refractivity contribution in [3.8, 4) is 0 Å². The van der Waals surface area contributed by atoms with Crippen LogP contribution in [0.3, 0.4) is 0 Å². The Hall–Kier alpha value is -1.79. The number of likely N-dealkylation sites (tertiary alicyclic amines) is 1. The number of nitrogens with two attached hydrogens (primary N) is 1. The van der Waals surface area contributed by atoms with Crippen molar-refractivity contribution in [1.29, 1.82) is 0 Å². The third-order valence-corrected chi connectivity index (χ3v) is 3.25. The van der Waals surface area contributed by atoms with E-state index in [2.05, 4.69) is 5.32 Å². The molecule has 1 saturated heterocycles. The Morgan fingerprint density at radius 2 is 1.95 bits per heavy atom. The Labute approximate surface area is 112 Å². The molecule has 0 bridgehead atoms. The van der Waals surface area contributed by atoms with E-state index >= 15 is 0 Å². The minimum absolute atomic E-state index is 0.0865. The first-order valence-corrected chi connectivity index (χ1v) is 6.11. The molecule has 19 heavy (non-hydrogen) atoms. The highest BCUT2D eigenvalue weighted by atomic mass is 16.5. The van der Waals surface area contributed by atoms with E-state index < -0.39 is 0 Å². The number of amides is 2. The number of nitrogen functional groups attached to an aromatic ring is 1. The molecule has 1 fully saturated rings. The first-order chi connectivity index (χ1) is 9.13. The predicted octanol–water partition coefficient (Wildman–Crippen LogP) is 1.15. The van der Waals surface area contributed by atoms with Gasteiger partial charge in [0.2, 0.25) is 0 Å². The number of benzene rings is 1. The molecule has 0 aliphatic carbocycles. The number of urea groups is 1. The van der Waals surface area contributed by atoms with E-state index in [4.69, 9.17) is 15.2 Å². The largest absolute Gasteiger partial charge is 0.399 e. The predicted molar refractivity (Wildman–Crippen MR) is 73.0 cm³/mol. The Morgan fingerprint density at radius 3 is 2.47 bits per heavy atom. The van der Waals surface area contributed by atoms with Crippen molar-refractivity contribution in [1.82, 2.24) is 4.90 Å². The minimum atomic E-state index is -0.174. The Kier molecular flexibility index (Phi) is 4.24. The first-order valence-electron chi connectivity index (χ1n) is 6.11. The van der Waals surface area contributed by atoms with Gasteiger partial charge in [-0.15, -0.1) is 0 Å². The highest BCUT2D eigenvalue weighted by molar-refractivity contribution is 5.90. The van der Waals surface area contributed by atoms with Gasteiger partial charge >= 0.3 is 6.03 Å². The van der Waals surface area contributed by atoms with Crippen molar-refractivity contribution in [2.45, 2.75) is 12.2 Å². The van der Waals surface area contributed by atoms with Gasteiger partial charge in [-0.2, -0.15) is 0 Å². The molecular weight excluding hydrogens is 246 g/mol. The Morgan fingerprint density at radius 1 is 1.32 bits per heavy atom. The van der Waals surface area contributed by atoms with Gasteiger partial charge in [-0.3, -0.25) is 0 Å². The summed E-state index contributed by atoms with van der Waals surface area (Å²) in [5, 5.41) is 2.81. The van der Waals surface area contributed by atoms with Crippen molar-refractivity contribution < 1.29 is 14.3 Å². The van der Waals surface area contributed by atoms with Crippen LogP contribution in [0.1, 0.15) is 0 Å². The van der Waals surface area contributed by atoms with Crippen molar-refractivity contribution in [3.63, 3.8) is 0 Å². The van der Waals surface area contributed by atoms with Gasteiger partial charge in [0.1, 0.15) is 12.2 Å². The van der Waals surface area contributed by atoms with Crippen LogP contribution in [-0.4, -0.2) is 50.4 Å². The zero-order chi connectivity index (χ0) is 13.8. The molecule has 0 spiro atoms. The molecule has 1 heterocycles. The number of nitrogens with one attached hydrogen (secondary N) is 1. The summed E-state index contributed by atoms with van der Waals surface area (Å²) in [6.07, 6.45) is -0.173. The van der Waals surface area contributed by atoms with Crippen molar-refractivity contribution in [2.75, 3.05) is 38.4 Å². The fraction of sp³-hybridized carbons (Fsp3) is 0.462. The second kappa shape index (κ2) is 5.90. The summed E-state index contributed by atoms with van der Waals surface area (Å²) in [4.78, 5) is 13.8. The number of methoxy groups -OCH3 is 2. The summed E-state index contributed by atoms with van der Waals surface area (Å²) in [5.41, 5.74) is 6.97. The van der Waals surface area contributed by atoms with Crippen LogP contribution in [0.5, 0.6) is 0 Å². The number of hydrogen-bond acceptors (Lipinski definition) is 4. The molecule has 2 atom stereocenters. The highest BCUT2D eigenvalue weighted by Crippen LogP contribution is 2.18. The third kappa shape index (κ3) is 3.15. The zero-order valence-electron chi connectivity index (χ0n) is 11.1. The molecule has 6 nitrogen and oxygen atoms in total. The second-order valence-electron chi connectivity index (χ2n) is 4.51. The summed E-state index contributed by atoms with van der Waals surface area (Å²) in [6, 6.07) is 6.91. The lowest BCUT2D eigenvalue weighted by molar-refractivity contribution is -0.00461. The van der Waals surface area contributed by atoms with Gasteiger partial charge in [-0.25, -0.2) is 4.79 Å². The smallest absolute Gasteiger partial charge is 0.322 e. The first kappa shape index (κ1) is 13.6. The number of rotatable bonds is 3. The van der Waals surface area contributed by atoms with Crippen LogP contribution < -0.4 is 11.1 Å². The van der Waals surface area contributed by atoms with E-state index in [1.807, 2.05) is 0 Å². The fourth-order valence-corrected chi connectivity index (χ4v) is 2.18. The molecule has 0 radical (unpaired) electrons. The van der Waals surface area contributed by atoms with Crippen molar-refractivity contribution in [3.05, 3.63) is 24.3 Å². The molecule has 1 aromatic rings. The van der Waals surface area contributed by atoms with E-state index in [-0.39, 0.29) is 18.2 Å². The normalized spacial score (nSPS) is 22.5. The number of hydrogen-bond donors (Lipinski definition) is 2. The van der Waals surface area contributed by atoms with Gasteiger partial charge in [0.15, 0.2) is 0 Å². The van der Waals surface area contributed by atoms with Gasteiger partial charge in [0.25, 0.3) is 0 Å². The third-order valence-electron chi connectivity index (χ3n) is 3.25. The summed E-state index contributed by atoms with van der Waals surface area (Å²) in [5.74, 6) is 0. The topological polar surface area (TPSA) is 76.8 Å². The van der Waals surface area contributed by atoms with Gasteiger partial charge in [-0.05, 0) is 18.2 Å². The maximum absolute atomic E-state index is 12.1. The molecule has 104 valence electrons. The van der Waals surface area contributed by atoms with E-state index in [9.17, 15) is 4.79 Å². The minimum Gasteiger partial charge on any atom is -0.399 e. The molecule has 2 rings (SSSR count). The molecule has 3 N–H and O–H groups in total. The molecule has 0 aromatic heterocycles. The quantitative estimate of drug-likeness (QED) is 0.804. The molecule has 1 aliphatic rings. The van der Waals surface area contributed by atoms with Crippen LogP contribution >= 0.6 is 0 Å². The maximum Gasteiger partial charge on any atom is 0.322 e. The molecule has 1 aliphatic heterocycles. The molecule has 1 aromatic carbocycles. The van der Waals surface area contributed by atoms with E-state index in [1.165, 1.54) is 0 Å². The van der Waals surface area contributed by atoms with Crippen LogP contribution in [0.25, 0.3) is 0 Å². The van der Waals surface area contributed by atoms with Crippen LogP contribution in [0.4, 0.5) is 16.2 Å². The number of ether oxygens (including phenoxy) is 2. The average Bonchev–Trinajstić information content (AvgIpc) is 2.82. The summed E-state index contributed by atoms with van der Waals surface area (Å²) in [6.45, 7) is 1.03. The van der Waals surface area contributed by atoms with Crippen molar-refractivity contribution in [2.24, 2.45) is 0 Å². The number of anilines is 2. The van der Waals surface area contributed by atoms with Crippen LogP contribution in [-0.2, 0) is 9.47 Å². The van der Waals surface area contributed by atoms with Gasteiger partial charge in [0, 0.05) is 25.6 Å². The standard InChI is InChI=1S/C13H19N3O3/c1-18-11-7-16(8-12(11)19-2)13(17)15-10-5-3-4-9(14)6-10/h3-6,11-12H,7-8,14H2,1-2H3,(H,15,17). The number of carbonyl (C=O) groups is 1. The number of carbonyl (C=O) groups excluding carboxylic acids is 1. The van der Waals surface area contributed by atoms with E-state index in [1.54, 1.807) is 43.4 Å². The fourth-order valence-electron chi connectivity index (χ4n) is 2.18.